The number of rotatable bonds is 4. The van der Waals surface area contributed by atoms with E-state index in [-0.39, 0.29) is 17.2 Å². The van der Waals surface area contributed by atoms with E-state index < -0.39 is 6.04 Å². The molecule has 0 aliphatic carbocycles. The molecule has 5 nitrogen and oxygen atoms in total. The minimum absolute atomic E-state index is 0.145. The van der Waals surface area contributed by atoms with Gasteiger partial charge in [-0.25, -0.2) is 4.98 Å². The van der Waals surface area contributed by atoms with E-state index in [1.165, 1.54) is 11.3 Å². The number of nitrogens with one attached hydrogen (secondary N) is 2. The second-order valence-corrected chi connectivity index (χ2v) is 6.85. The molecular weight excluding hydrogens is 318 g/mol. The number of carbonyl (C=O) groups is 2. The summed E-state index contributed by atoms with van der Waals surface area (Å²) in [4.78, 5) is 27.8. The van der Waals surface area contributed by atoms with Gasteiger partial charge in [-0.05, 0) is 6.92 Å². The summed E-state index contributed by atoms with van der Waals surface area (Å²) >= 11 is 2.65. The molecule has 2 atom stereocenters. The third kappa shape index (κ3) is 3.31. The van der Waals surface area contributed by atoms with Crippen LogP contribution >= 0.6 is 23.1 Å². The number of amides is 2. The van der Waals surface area contributed by atoms with Gasteiger partial charge in [0.15, 0.2) is 0 Å². The zero-order valence-corrected chi connectivity index (χ0v) is 13.5. The molecule has 0 radical (unpaired) electrons. The van der Waals surface area contributed by atoms with Crippen molar-refractivity contribution >= 4 is 34.2 Å². The molecule has 2 amide bonds. The first-order valence-electron chi connectivity index (χ1n) is 6.88. The number of hydrogen-bond donors (Lipinski definition) is 2. The van der Waals surface area contributed by atoms with Gasteiger partial charge in [0.1, 0.15) is 11.0 Å². The summed E-state index contributed by atoms with van der Waals surface area (Å²) in [5.41, 5.74) is 1.97. The fraction of sp³-hybridized carbons (Fsp3) is 0.267. The molecule has 1 saturated heterocycles. The number of thiazole rings is 1. The monoisotopic (exact) mass is 333 g/mol. The van der Waals surface area contributed by atoms with E-state index in [9.17, 15) is 9.59 Å². The van der Waals surface area contributed by atoms with Gasteiger partial charge >= 0.3 is 0 Å². The molecule has 1 fully saturated rings. The predicted molar refractivity (Wildman–Crippen MR) is 88.9 cm³/mol. The summed E-state index contributed by atoms with van der Waals surface area (Å²) in [5, 5.41) is 8.23. The van der Waals surface area contributed by atoms with Crippen LogP contribution in [0.2, 0.25) is 0 Å². The molecule has 2 aromatic rings. The van der Waals surface area contributed by atoms with E-state index in [2.05, 4.69) is 15.6 Å². The third-order valence-corrected chi connectivity index (χ3v) is 5.22. The Bertz CT molecular complexity index is 687. The van der Waals surface area contributed by atoms with Gasteiger partial charge in [-0.1, -0.05) is 42.1 Å². The van der Waals surface area contributed by atoms with E-state index in [1.807, 2.05) is 42.6 Å². The molecule has 3 rings (SSSR count). The minimum Gasteiger partial charge on any atom is -0.345 e. The maximum Gasteiger partial charge on any atom is 0.279 e. The lowest BCUT2D eigenvalue weighted by molar-refractivity contribution is -0.122. The molecule has 2 heterocycles. The van der Waals surface area contributed by atoms with E-state index >= 15 is 0 Å². The zero-order chi connectivity index (χ0) is 15.5. The fourth-order valence-corrected chi connectivity index (χ4v) is 3.74. The van der Waals surface area contributed by atoms with Crippen molar-refractivity contribution in [2.75, 3.05) is 5.75 Å². The first-order valence-corrected chi connectivity index (χ1v) is 8.74. The van der Waals surface area contributed by atoms with E-state index in [4.69, 9.17) is 0 Å². The maximum absolute atomic E-state index is 12.1. The van der Waals surface area contributed by atoms with Crippen LogP contribution in [-0.2, 0) is 4.79 Å². The summed E-state index contributed by atoms with van der Waals surface area (Å²) in [6.07, 6.45) is 0. The Kier molecular flexibility index (Phi) is 4.44. The van der Waals surface area contributed by atoms with Crippen molar-refractivity contribution in [3.05, 3.63) is 40.7 Å². The lowest BCUT2D eigenvalue weighted by atomic mass is 10.2. The van der Waals surface area contributed by atoms with Crippen LogP contribution in [0.5, 0.6) is 0 Å². The first-order chi connectivity index (χ1) is 10.6. The van der Waals surface area contributed by atoms with Crippen LogP contribution in [0, 0.1) is 0 Å². The molecule has 1 aromatic heterocycles. The Morgan fingerprint density at radius 3 is 2.86 bits per heavy atom. The normalized spacial score (nSPS) is 18.8. The van der Waals surface area contributed by atoms with Crippen molar-refractivity contribution in [3.63, 3.8) is 0 Å². The van der Waals surface area contributed by atoms with Gasteiger partial charge in [-0.15, -0.1) is 11.3 Å². The van der Waals surface area contributed by atoms with Gasteiger partial charge in [0, 0.05) is 16.7 Å². The van der Waals surface area contributed by atoms with Crippen molar-refractivity contribution in [1.82, 2.24) is 15.6 Å². The molecule has 0 saturated carbocycles. The molecule has 7 heteroatoms. The molecule has 2 N–H and O–H groups in total. The van der Waals surface area contributed by atoms with Crippen molar-refractivity contribution < 1.29 is 9.59 Å². The Morgan fingerprint density at radius 2 is 2.18 bits per heavy atom. The molecule has 1 aromatic carbocycles. The van der Waals surface area contributed by atoms with Crippen LogP contribution in [-0.4, -0.2) is 27.9 Å². The number of nitrogens with zero attached hydrogens (tertiary/aromatic N) is 1. The fourth-order valence-electron chi connectivity index (χ4n) is 2.13. The van der Waals surface area contributed by atoms with Crippen molar-refractivity contribution in [3.8, 4) is 11.3 Å². The second-order valence-electron chi connectivity index (χ2n) is 4.96. The highest BCUT2D eigenvalue weighted by Crippen LogP contribution is 2.25. The van der Waals surface area contributed by atoms with Crippen molar-refractivity contribution in [2.45, 2.75) is 19.0 Å². The van der Waals surface area contributed by atoms with Gasteiger partial charge < -0.3 is 10.6 Å². The predicted octanol–water partition coefficient (Wildman–Crippen LogP) is 2.81. The Labute approximate surface area is 136 Å². The Hall–Kier alpha value is -1.86. The third-order valence-electron chi connectivity index (χ3n) is 3.31. The summed E-state index contributed by atoms with van der Waals surface area (Å²) < 4.78 is 0. The van der Waals surface area contributed by atoms with E-state index in [1.54, 1.807) is 0 Å². The SMILES string of the molecule is C[C@H](NC(=O)[C@@H]1CSC(=O)N1)c1nc(-c2ccccc2)cs1. The van der Waals surface area contributed by atoms with Gasteiger partial charge in [-0.2, -0.15) is 0 Å². The molecule has 114 valence electrons. The van der Waals surface area contributed by atoms with Gasteiger partial charge in [0.2, 0.25) is 5.91 Å². The quantitative estimate of drug-likeness (QED) is 0.902. The second kappa shape index (κ2) is 6.50. The molecule has 22 heavy (non-hydrogen) atoms. The lowest BCUT2D eigenvalue weighted by Crippen LogP contribution is -2.43. The number of aromatic nitrogens is 1. The summed E-state index contributed by atoms with van der Waals surface area (Å²) in [6.45, 7) is 1.90. The van der Waals surface area contributed by atoms with Crippen LogP contribution in [0.1, 0.15) is 18.0 Å². The zero-order valence-electron chi connectivity index (χ0n) is 11.9. The number of thioether (sulfide) groups is 1. The van der Waals surface area contributed by atoms with E-state index in [0.29, 0.717) is 5.75 Å². The Balaban J connectivity index is 1.65. The average Bonchev–Trinajstić information content (AvgIpc) is 3.17. The van der Waals surface area contributed by atoms with Gasteiger partial charge in [-0.3, -0.25) is 9.59 Å². The largest absolute Gasteiger partial charge is 0.345 e. The first kappa shape index (κ1) is 15.1. The average molecular weight is 333 g/mol. The molecule has 0 unspecified atom stereocenters. The number of hydrogen-bond acceptors (Lipinski definition) is 5. The van der Waals surface area contributed by atoms with Crippen LogP contribution in [0.25, 0.3) is 11.3 Å². The topological polar surface area (TPSA) is 71.1 Å². The van der Waals surface area contributed by atoms with E-state index in [0.717, 1.165) is 28.0 Å². The molecule has 0 spiro atoms. The van der Waals surface area contributed by atoms with Crippen LogP contribution in [0.15, 0.2) is 35.7 Å². The summed E-state index contributed by atoms with van der Waals surface area (Å²) in [5.74, 6) is 0.312. The molecule has 1 aliphatic heterocycles. The molecule has 1 aliphatic rings. The van der Waals surface area contributed by atoms with Crippen LogP contribution in [0.4, 0.5) is 4.79 Å². The van der Waals surface area contributed by atoms with Gasteiger partial charge in [0.05, 0.1) is 11.7 Å². The number of carbonyl (C=O) groups excluding carboxylic acids is 2. The minimum atomic E-state index is -0.450. The molecular formula is C15H15N3O2S2. The summed E-state index contributed by atoms with van der Waals surface area (Å²) in [6, 6.07) is 9.29. The highest BCUT2D eigenvalue weighted by Gasteiger charge is 2.29. The van der Waals surface area contributed by atoms with Crippen LogP contribution in [0.3, 0.4) is 0 Å². The maximum atomic E-state index is 12.1. The van der Waals surface area contributed by atoms with Crippen molar-refractivity contribution in [1.29, 1.82) is 0 Å². The lowest BCUT2D eigenvalue weighted by Gasteiger charge is -2.14. The number of benzene rings is 1. The highest BCUT2D eigenvalue weighted by molar-refractivity contribution is 8.14. The molecule has 0 bridgehead atoms. The standard InChI is InChI=1S/C15H15N3O2S2/c1-9(16-13(19)12-8-22-15(20)18-12)14-17-11(7-21-14)10-5-3-2-4-6-10/h2-7,9,12H,8H2,1H3,(H,16,19)(H,18,20)/t9-,12-/m0/s1. The highest BCUT2D eigenvalue weighted by atomic mass is 32.2. The smallest absolute Gasteiger partial charge is 0.279 e. The summed E-state index contributed by atoms with van der Waals surface area (Å²) in [7, 11) is 0. The Morgan fingerprint density at radius 1 is 1.41 bits per heavy atom. The van der Waals surface area contributed by atoms with Crippen molar-refractivity contribution in [2.24, 2.45) is 0 Å². The van der Waals surface area contributed by atoms with Crippen LogP contribution < -0.4 is 10.6 Å². The van der Waals surface area contributed by atoms with Gasteiger partial charge in [0.25, 0.3) is 5.24 Å².